The van der Waals surface area contributed by atoms with Gasteiger partial charge in [-0.25, -0.2) is 14.4 Å². The minimum Gasteiger partial charge on any atom is -0.481 e. The lowest BCUT2D eigenvalue weighted by molar-refractivity contribution is -0.141. The van der Waals surface area contributed by atoms with Crippen molar-refractivity contribution in [3.63, 3.8) is 0 Å². The van der Waals surface area contributed by atoms with Gasteiger partial charge in [0.15, 0.2) is 0 Å². The predicted molar refractivity (Wildman–Crippen MR) is 242 cm³/mol. The maximum absolute atomic E-state index is 12.9. The fraction of sp³-hybridized carbons (Fsp3) is 0.732. The molecule has 0 spiro atoms. The molecule has 1 fully saturated rings. The molecule has 0 saturated carbocycles. The van der Waals surface area contributed by atoms with Crippen LogP contribution in [0.1, 0.15) is 44.9 Å². The van der Waals surface area contributed by atoms with Crippen LogP contribution in [0, 0.1) is 0 Å². The van der Waals surface area contributed by atoms with Crippen molar-refractivity contribution in [1.29, 1.82) is 0 Å². The normalized spacial score (nSPS) is 15.4. The Morgan fingerprint density at radius 3 is 1.29 bits per heavy atom. The largest absolute Gasteiger partial charge is 0.481 e. The zero-order chi connectivity index (χ0) is 51.9. The van der Waals surface area contributed by atoms with Gasteiger partial charge in [0.05, 0.1) is 39.3 Å². The van der Waals surface area contributed by atoms with Crippen LogP contribution >= 0.6 is 0 Å². The number of nitrogens with one attached hydrogen (secondary N) is 5. The summed E-state index contributed by atoms with van der Waals surface area (Å²) in [6.07, 6.45) is -0.460. The summed E-state index contributed by atoms with van der Waals surface area (Å²) in [7, 11) is 3.44. The van der Waals surface area contributed by atoms with Crippen LogP contribution in [0.25, 0.3) is 0 Å². The first-order chi connectivity index (χ1) is 32.5. The third-order valence-electron chi connectivity index (χ3n) is 10.6. The molecule has 0 aromatic carbocycles. The quantitative estimate of drug-likeness (QED) is 0.0275. The third kappa shape index (κ3) is 31.6. The number of amides is 5. The highest BCUT2D eigenvalue weighted by atomic mass is 16.4. The van der Waals surface area contributed by atoms with Crippen molar-refractivity contribution in [2.75, 3.05) is 138 Å². The Morgan fingerprint density at radius 1 is 0.449 bits per heavy atom. The number of likely N-dealkylation sites (N-methyl/N-ethyl adjacent to an activating group) is 2. The predicted octanol–water partition coefficient (Wildman–Crippen LogP) is -4.74. The number of hydrogen-bond donors (Lipinski definition) is 11. The van der Waals surface area contributed by atoms with Crippen LogP contribution in [-0.2, 0) is 47.9 Å². The van der Waals surface area contributed by atoms with Crippen LogP contribution in [0.3, 0.4) is 0 Å². The van der Waals surface area contributed by atoms with Gasteiger partial charge in [-0.15, -0.1) is 0 Å². The SMILES string of the molecule is CN(CCN(C)CC(=O)NCCNC(=O)CN1CCN(CC(=O)O)CCN(CC(=O)O)CCN(CC(=O)O)CC1)CC(=O)CCC(=O)NCCCC[C@H](NC(=O)N[C@@H](CCC(=O)O)C(=O)O)C(=O)O. The van der Waals surface area contributed by atoms with Gasteiger partial charge in [-0.3, -0.25) is 67.8 Å². The molecule has 2 atom stereocenters. The van der Waals surface area contributed by atoms with Gasteiger partial charge < -0.3 is 57.2 Å². The highest BCUT2D eigenvalue weighted by molar-refractivity contribution is 5.87. The Morgan fingerprint density at radius 2 is 0.855 bits per heavy atom. The zero-order valence-electron chi connectivity index (χ0n) is 39.4. The molecule has 69 heavy (non-hydrogen) atoms. The van der Waals surface area contributed by atoms with Crippen molar-refractivity contribution in [1.82, 2.24) is 56.0 Å². The Balaban J connectivity index is 2.39. The molecule has 0 aromatic rings. The van der Waals surface area contributed by atoms with Crippen molar-refractivity contribution >= 4 is 65.4 Å². The Hall–Kier alpha value is -6.07. The van der Waals surface area contributed by atoms with Crippen LogP contribution in [0.4, 0.5) is 4.79 Å². The van der Waals surface area contributed by atoms with E-state index in [4.69, 9.17) is 5.11 Å². The third-order valence-corrected chi connectivity index (χ3v) is 10.6. The number of carboxylic acids is 6. The van der Waals surface area contributed by atoms with Crippen molar-refractivity contribution in [3.05, 3.63) is 0 Å². The number of ketones is 1. The molecule has 0 aromatic heterocycles. The molecular formula is C41H71N11O17. The maximum atomic E-state index is 12.9. The number of hydrogen-bond acceptors (Lipinski definition) is 17. The molecule has 1 heterocycles. The number of carbonyl (C=O) groups is 11. The number of unbranched alkanes of at least 4 members (excludes halogenated alkanes) is 1. The second kappa shape index (κ2) is 34.3. The number of carbonyl (C=O) groups excluding carboxylic acids is 5. The lowest BCUT2D eigenvalue weighted by Gasteiger charge is -2.32. The van der Waals surface area contributed by atoms with Gasteiger partial charge in [0.25, 0.3) is 0 Å². The highest BCUT2D eigenvalue weighted by Crippen LogP contribution is 2.05. The van der Waals surface area contributed by atoms with Gasteiger partial charge in [-0.05, 0) is 39.8 Å². The summed E-state index contributed by atoms with van der Waals surface area (Å²) in [5.41, 5.74) is 0. The first-order valence-corrected chi connectivity index (χ1v) is 22.5. The van der Waals surface area contributed by atoms with Crippen LogP contribution < -0.4 is 26.6 Å². The van der Waals surface area contributed by atoms with Gasteiger partial charge in [0.1, 0.15) is 17.9 Å². The highest BCUT2D eigenvalue weighted by Gasteiger charge is 2.25. The summed E-state index contributed by atoms with van der Waals surface area (Å²) in [6.45, 7) is 2.51. The van der Waals surface area contributed by atoms with Crippen molar-refractivity contribution < 1.29 is 83.4 Å². The molecule has 1 aliphatic heterocycles. The molecule has 11 N–H and O–H groups in total. The molecule has 1 saturated heterocycles. The van der Waals surface area contributed by atoms with Crippen LogP contribution in [0.15, 0.2) is 0 Å². The van der Waals surface area contributed by atoms with Gasteiger partial charge >= 0.3 is 41.8 Å². The van der Waals surface area contributed by atoms with Crippen molar-refractivity contribution in [3.8, 4) is 0 Å². The van der Waals surface area contributed by atoms with Crippen LogP contribution in [0.2, 0.25) is 0 Å². The lowest BCUT2D eigenvalue weighted by Crippen LogP contribution is -2.51. The number of rotatable bonds is 33. The average molecular weight is 990 g/mol. The van der Waals surface area contributed by atoms with E-state index in [2.05, 4.69) is 21.3 Å². The maximum Gasteiger partial charge on any atom is 0.326 e. The number of urea groups is 1. The number of aliphatic carboxylic acids is 6. The second-order valence-electron chi connectivity index (χ2n) is 16.7. The molecule has 1 rings (SSSR count). The smallest absolute Gasteiger partial charge is 0.326 e. The summed E-state index contributed by atoms with van der Waals surface area (Å²) < 4.78 is 0. The minimum atomic E-state index is -1.53. The molecule has 392 valence electrons. The molecule has 28 heteroatoms. The minimum absolute atomic E-state index is 0.0275. The van der Waals surface area contributed by atoms with Gasteiger partial charge in [0.2, 0.25) is 17.7 Å². The Labute approximate surface area is 399 Å². The fourth-order valence-electron chi connectivity index (χ4n) is 6.81. The first-order valence-electron chi connectivity index (χ1n) is 22.5. The van der Waals surface area contributed by atoms with Crippen LogP contribution in [0.5, 0.6) is 0 Å². The molecule has 0 radical (unpaired) electrons. The molecule has 1 aliphatic rings. The summed E-state index contributed by atoms with van der Waals surface area (Å²) in [5, 5.41) is 67.8. The molecule has 0 aliphatic carbocycles. The average Bonchev–Trinajstić information content (AvgIpc) is 3.24. The summed E-state index contributed by atoms with van der Waals surface area (Å²) in [4.78, 5) is 141. The van der Waals surface area contributed by atoms with E-state index in [0.29, 0.717) is 19.5 Å². The Kier molecular flexibility index (Phi) is 30.3. The number of carboxylic acid groups (broad SMARTS) is 6. The first kappa shape index (κ1) is 60.9. The van der Waals surface area contributed by atoms with E-state index in [9.17, 15) is 78.3 Å². The molecule has 5 amide bonds. The van der Waals surface area contributed by atoms with Gasteiger partial charge in [-0.2, -0.15) is 0 Å². The van der Waals surface area contributed by atoms with E-state index in [1.807, 2.05) is 5.32 Å². The van der Waals surface area contributed by atoms with E-state index in [0.717, 1.165) is 0 Å². The fourth-order valence-corrected chi connectivity index (χ4v) is 6.81. The molecular weight excluding hydrogens is 919 g/mol. The topological polar surface area (TPSA) is 389 Å². The van der Waals surface area contributed by atoms with Crippen molar-refractivity contribution in [2.45, 2.75) is 57.0 Å². The number of nitrogens with zero attached hydrogens (tertiary/aromatic N) is 6. The van der Waals surface area contributed by atoms with E-state index in [1.165, 1.54) is 0 Å². The lowest BCUT2D eigenvalue weighted by atomic mass is 10.1. The Bertz CT molecular complexity index is 1690. The second-order valence-corrected chi connectivity index (χ2v) is 16.7. The molecule has 0 bridgehead atoms. The van der Waals surface area contributed by atoms with Gasteiger partial charge in [0, 0.05) is 104 Å². The molecule has 28 nitrogen and oxygen atoms in total. The van der Waals surface area contributed by atoms with E-state index < -0.39 is 66.8 Å². The summed E-state index contributed by atoms with van der Waals surface area (Å²) in [5.74, 6) is -8.53. The van der Waals surface area contributed by atoms with E-state index >= 15 is 0 Å². The molecule has 0 unspecified atom stereocenters. The van der Waals surface area contributed by atoms with Gasteiger partial charge in [-0.1, -0.05) is 0 Å². The number of Topliss-reactive ketones (excluding diaryl/α,β-unsaturated/α-hetero) is 1. The van der Waals surface area contributed by atoms with E-state index in [1.54, 1.807) is 43.5 Å². The summed E-state index contributed by atoms with van der Waals surface area (Å²) >= 11 is 0. The zero-order valence-corrected chi connectivity index (χ0v) is 39.4. The monoisotopic (exact) mass is 990 g/mol. The standard InChI is InChI=1S/C41H71N11O17/c1-47(23-29(53)6-8-32(54)42-10-4-3-5-30(39(65)66)45-41(69)46-31(40(67)68)7-9-35(57)58)13-14-48(2)24-33(55)43-11-12-44-34(56)25-49-15-17-50(26-36(59)60)19-21-52(28-38(63)64)22-20-51(18-16-49)27-37(61)62/h30-31H,3-28H2,1-2H3,(H,42,54)(H,43,55)(H,44,56)(H,57,58)(H,59,60)(H,61,62)(H,63,64)(H,65,66)(H,67,68)(H2,45,46,69)/t30-,31-/m0/s1. The van der Waals surface area contributed by atoms with Crippen molar-refractivity contribution in [2.24, 2.45) is 0 Å². The van der Waals surface area contributed by atoms with Crippen LogP contribution in [-0.4, -0.2) is 276 Å². The summed E-state index contributed by atoms with van der Waals surface area (Å²) in [6, 6.07) is -3.99. The van der Waals surface area contributed by atoms with E-state index in [-0.39, 0.29) is 160 Å².